The van der Waals surface area contributed by atoms with E-state index in [0.29, 0.717) is 12.6 Å². The van der Waals surface area contributed by atoms with Gasteiger partial charge in [-0.3, -0.25) is 9.69 Å². The molecule has 4 heteroatoms. The van der Waals surface area contributed by atoms with Gasteiger partial charge >= 0.3 is 5.97 Å². The summed E-state index contributed by atoms with van der Waals surface area (Å²) in [7, 11) is 0. The number of carbonyl (C=O) groups is 1. The van der Waals surface area contributed by atoms with Crippen LogP contribution in [0.2, 0.25) is 0 Å². The Morgan fingerprint density at radius 2 is 2.41 bits per heavy atom. The number of ether oxygens (including phenoxy) is 1. The van der Waals surface area contributed by atoms with E-state index in [4.69, 9.17) is 4.74 Å². The van der Waals surface area contributed by atoms with E-state index in [1.807, 2.05) is 0 Å². The molecule has 0 aromatic rings. The van der Waals surface area contributed by atoms with Crippen molar-refractivity contribution in [3.8, 4) is 0 Å². The summed E-state index contributed by atoms with van der Waals surface area (Å²) in [4.78, 5) is 13.9. The van der Waals surface area contributed by atoms with Crippen molar-refractivity contribution in [2.75, 3.05) is 26.3 Å². The van der Waals surface area contributed by atoms with Crippen LogP contribution in [-0.4, -0.2) is 48.3 Å². The van der Waals surface area contributed by atoms with Crippen LogP contribution in [0.25, 0.3) is 0 Å². The first kappa shape index (κ1) is 12.8. The van der Waals surface area contributed by atoms with E-state index in [1.165, 1.54) is 0 Å². The molecule has 2 heterocycles. The Hall–Kier alpha value is -0.610. The Bertz CT molecular complexity index is 272. The van der Waals surface area contributed by atoms with Crippen LogP contribution in [0.4, 0.5) is 0 Å². The molecule has 2 atom stereocenters. The van der Waals surface area contributed by atoms with Crippen LogP contribution in [0.1, 0.15) is 39.0 Å². The van der Waals surface area contributed by atoms with Crippen LogP contribution >= 0.6 is 0 Å². The first-order valence-electron chi connectivity index (χ1n) is 6.73. The second-order valence-electron chi connectivity index (χ2n) is 5.43. The Labute approximate surface area is 103 Å². The first-order valence-corrected chi connectivity index (χ1v) is 6.73. The Balaban J connectivity index is 2.05. The molecule has 1 N–H and O–H groups in total. The molecule has 17 heavy (non-hydrogen) atoms. The third kappa shape index (κ3) is 2.63. The van der Waals surface area contributed by atoms with E-state index in [-0.39, 0.29) is 0 Å². The molecule has 2 unspecified atom stereocenters. The largest absolute Gasteiger partial charge is 0.481 e. The first-order chi connectivity index (χ1) is 8.18. The lowest BCUT2D eigenvalue weighted by Gasteiger charge is -2.42. The molecular weight excluding hydrogens is 218 g/mol. The maximum Gasteiger partial charge on any atom is 0.310 e. The minimum Gasteiger partial charge on any atom is -0.481 e. The number of nitrogens with zero attached hydrogens (tertiary/aromatic N) is 1. The number of carboxylic acids is 1. The highest BCUT2D eigenvalue weighted by Crippen LogP contribution is 2.36. The van der Waals surface area contributed by atoms with Gasteiger partial charge in [-0.25, -0.2) is 0 Å². The molecule has 2 saturated heterocycles. The average molecular weight is 241 g/mol. The summed E-state index contributed by atoms with van der Waals surface area (Å²) < 4.78 is 5.41. The predicted octanol–water partition coefficient (Wildman–Crippen LogP) is 1.74. The molecule has 0 radical (unpaired) electrons. The molecule has 0 spiro atoms. The summed E-state index contributed by atoms with van der Waals surface area (Å²) >= 11 is 0. The third-order valence-electron chi connectivity index (χ3n) is 4.21. The minimum atomic E-state index is -0.608. The standard InChI is InChI=1S/C13H23NO3/c1-2-5-13(12(15)16)6-3-7-14(10-13)11-4-8-17-9-11/h11H,2-10H2,1H3,(H,15,16). The lowest BCUT2D eigenvalue weighted by Crippen LogP contribution is -2.51. The van der Waals surface area contributed by atoms with Crippen LogP contribution in [-0.2, 0) is 9.53 Å². The number of piperidine rings is 1. The quantitative estimate of drug-likeness (QED) is 0.814. The van der Waals surface area contributed by atoms with E-state index in [0.717, 1.165) is 51.9 Å². The van der Waals surface area contributed by atoms with E-state index in [9.17, 15) is 9.90 Å². The van der Waals surface area contributed by atoms with E-state index in [1.54, 1.807) is 0 Å². The minimum absolute atomic E-state index is 0.450. The maximum absolute atomic E-state index is 11.6. The van der Waals surface area contributed by atoms with Crippen molar-refractivity contribution in [2.45, 2.75) is 45.1 Å². The van der Waals surface area contributed by atoms with Gasteiger partial charge in [0.05, 0.1) is 12.0 Å². The third-order valence-corrected chi connectivity index (χ3v) is 4.21. The van der Waals surface area contributed by atoms with Crippen LogP contribution < -0.4 is 0 Å². The number of likely N-dealkylation sites (tertiary alicyclic amines) is 1. The lowest BCUT2D eigenvalue weighted by atomic mass is 9.76. The topological polar surface area (TPSA) is 49.8 Å². The molecule has 2 fully saturated rings. The van der Waals surface area contributed by atoms with Crippen LogP contribution in [0.5, 0.6) is 0 Å². The van der Waals surface area contributed by atoms with E-state index >= 15 is 0 Å². The van der Waals surface area contributed by atoms with Crippen molar-refractivity contribution >= 4 is 5.97 Å². The highest BCUT2D eigenvalue weighted by Gasteiger charge is 2.43. The zero-order valence-electron chi connectivity index (χ0n) is 10.7. The molecule has 0 bridgehead atoms. The number of carboxylic acid groups (broad SMARTS) is 1. The average Bonchev–Trinajstić information content (AvgIpc) is 2.83. The molecule has 98 valence electrons. The van der Waals surface area contributed by atoms with Crippen molar-refractivity contribution < 1.29 is 14.6 Å². The van der Waals surface area contributed by atoms with E-state index < -0.39 is 11.4 Å². The van der Waals surface area contributed by atoms with Gasteiger partial charge in [0.1, 0.15) is 0 Å². The SMILES string of the molecule is CCCC1(C(=O)O)CCCN(C2CCOC2)C1. The van der Waals surface area contributed by atoms with Gasteiger partial charge in [-0.2, -0.15) is 0 Å². The molecular formula is C13H23NO3. The second kappa shape index (κ2) is 5.36. The predicted molar refractivity (Wildman–Crippen MR) is 65.0 cm³/mol. The van der Waals surface area contributed by atoms with Crippen molar-refractivity contribution in [1.29, 1.82) is 0 Å². The molecule has 0 amide bonds. The monoisotopic (exact) mass is 241 g/mol. The Morgan fingerprint density at radius 1 is 1.59 bits per heavy atom. The second-order valence-corrected chi connectivity index (χ2v) is 5.43. The van der Waals surface area contributed by atoms with Crippen LogP contribution in [0.3, 0.4) is 0 Å². The number of rotatable bonds is 4. The molecule has 0 saturated carbocycles. The number of hydrogen-bond acceptors (Lipinski definition) is 3. The van der Waals surface area contributed by atoms with Gasteiger partial charge < -0.3 is 9.84 Å². The molecule has 0 aromatic heterocycles. The molecule has 0 aliphatic carbocycles. The highest BCUT2D eigenvalue weighted by atomic mass is 16.5. The zero-order chi connectivity index (χ0) is 12.3. The Kier molecular flexibility index (Phi) is 4.05. The zero-order valence-corrected chi connectivity index (χ0v) is 10.7. The normalized spacial score (nSPS) is 35.0. The van der Waals surface area contributed by atoms with Crippen molar-refractivity contribution in [2.24, 2.45) is 5.41 Å². The van der Waals surface area contributed by atoms with Gasteiger partial charge in [0.25, 0.3) is 0 Å². The maximum atomic E-state index is 11.6. The van der Waals surface area contributed by atoms with Crippen LogP contribution in [0.15, 0.2) is 0 Å². The summed E-state index contributed by atoms with van der Waals surface area (Å²) in [5.74, 6) is -0.608. The van der Waals surface area contributed by atoms with Crippen molar-refractivity contribution in [1.82, 2.24) is 4.90 Å². The summed E-state index contributed by atoms with van der Waals surface area (Å²) in [6.45, 7) is 5.43. The summed E-state index contributed by atoms with van der Waals surface area (Å²) in [6.07, 6.45) is 4.64. The van der Waals surface area contributed by atoms with Gasteiger partial charge in [0, 0.05) is 19.2 Å². The molecule has 4 nitrogen and oxygen atoms in total. The lowest BCUT2D eigenvalue weighted by molar-refractivity contribution is -0.154. The highest BCUT2D eigenvalue weighted by molar-refractivity contribution is 5.75. The van der Waals surface area contributed by atoms with E-state index in [2.05, 4.69) is 11.8 Å². The molecule has 2 aliphatic heterocycles. The Morgan fingerprint density at radius 3 is 3.00 bits per heavy atom. The van der Waals surface area contributed by atoms with Gasteiger partial charge in [-0.1, -0.05) is 13.3 Å². The molecule has 0 aromatic carbocycles. The number of hydrogen-bond donors (Lipinski definition) is 1. The summed E-state index contributed by atoms with van der Waals surface area (Å²) in [5.41, 5.74) is -0.504. The smallest absolute Gasteiger partial charge is 0.310 e. The molecule has 2 rings (SSSR count). The fourth-order valence-corrected chi connectivity index (χ4v) is 3.25. The van der Waals surface area contributed by atoms with Crippen molar-refractivity contribution in [3.05, 3.63) is 0 Å². The van der Waals surface area contributed by atoms with Gasteiger partial charge in [-0.05, 0) is 32.2 Å². The van der Waals surface area contributed by atoms with Gasteiger partial charge in [-0.15, -0.1) is 0 Å². The fraction of sp³-hybridized carbons (Fsp3) is 0.923. The van der Waals surface area contributed by atoms with Gasteiger partial charge in [0.2, 0.25) is 0 Å². The fourth-order valence-electron chi connectivity index (χ4n) is 3.25. The molecule has 2 aliphatic rings. The van der Waals surface area contributed by atoms with Gasteiger partial charge in [0.15, 0.2) is 0 Å². The number of aliphatic carboxylic acids is 1. The summed E-state index contributed by atoms with van der Waals surface area (Å²) in [5, 5.41) is 9.52. The van der Waals surface area contributed by atoms with Crippen LogP contribution in [0, 0.1) is 5.41 Å². The van der Waals surface area contributed by atoms with Crippen molar-refractivity contribution in [3.63, 3.8) is 0 Å². The summed E-state index contributed by atoms with van der Waals surface area (Å²) in [6, 6.07) is 0.450.